The molecule has 0 aromatic heterocycles. The number of anilines is 1. The van der Waals surface area contributed by atoms with Crippen molar-refractivity contribution in [3.8, 4) is 0 Å². The maximum atomic E-state index is 13.4. The molecule has 0 aliphatic rings. The molecule has 1 rings (SSSR count). The van der Waals surface area contributed by atoms with Gasteiger partial charge in [-0.05, 0) is 19.8 Å². The molecule has 0 saturated heterocycles. The summed E-state index contributed by atoms with van der Waals surface area (Å²) in [5, 5.41) is 5.33. The van der Waals surface area contributed by atoms with Gasteiger partial charge in [0.2, 0.25) is 5.91 Å². The molecule has 1 aromatic carbocycles. The fourth-order valence-corrected chi connectivity index (χ4v) is 1.75. The van der Waals surface area contributed by atoms with Crippen molar-refractivity contribution in [2.45, 2.75) is 45.7 Å². The van der Waals surface area contributed by atoms with Crippen molar-refractivity contribution in [3.63, 3.8) is 0 Å². The van der Waals surface area contributed by atoms with Gasteiger partial charge in [-0.2, -0.15) is 0 Å². The van der Waals surface area contributed by atoms with E-state index >= 15 is 0 Å². The summed E-state index contributed by atoms with van der Waals surface area (Å²) in [4.78, 5) is 11.9. The van der Waals surface area contributed by atoms with Crippen LogP contribution in [0, 0.1) is 17.5 Å². The number of nitrogens with one attached hydrogen (secondary N) is 2. The van der Waals surface area contributed by atoms with Gasteiger partial charge in [0.25, 0.3) is 0 Å². The van der Waals surface area contributed by atoms with Gasteiger partial charge in [-0.1, -0.05) is 13.8 Å². The van der Waals surface area contributed by atoms with Crippen molar-refractivity contribution >= 4 is 11.6 Å². The monoisotopic (exact) mass is 288 g/mol. The van der Waals surface area contributed by atoms with Crippen molar-refractivity contribution in [2.24, 2.45) is 0 Å². The van der Waals surface area contributed by atoms with Crippen LogP contribution in [0.3, 0.4) is 0 Å². The molecular formula is C14H19F3N2O. The smallest absolute Gasteiger partial charge is 0.242 e. The molecule has 2 N–H and O–H groups in total. The van der Waals surface area contributed by atoms with E-state index in [0.717, 1.165) is 12.8 Å². The molecular weight excluding hydrogens is 269 g/mol. The van der Waals surface area contributed by atoms with E-state index in [2.05, 4.69) is 10.6 Å². The maximum absolute atomic E-state index is 13.4. The Morgan fingerprint density at radius 1 is 1.10 bits per heavy atom. The summed E-state index contributed by atoms with van der Waals surface area (Å²) in [5.41, 5.74) is -0.240. The number of carbonyl (C=O) groups excluding carboxylic acids is 1. The number of rotatable bonds is 6. The lowest BCUT2D eigenvalue weighted by atomic mass is 10.1. The Morgan fingerprint density at radius 3 is 2.20 bits per heavy atom. The Kier molecular flexibility index (Phi) is 5.85. The number of amides is 1. The molecule has 0 aliphatic heterocycles. The molecule has 112 valence electrons. The van der Waals surface area contributed by atoms with Gasteiger partial charge in [0.1, 0.15) is 11.9 Å². The molecule has 1 unspecified atom stereocenters. The average molecular weight is 288 g/mol. The summed E-state index contributed by atoms with van der Waals surface area (Å²) in [5.74, 6) is -3.68. The second kappa shape index (κ2) is 7.17. The lowest BCUT2D eigenvalue weighted by Crippen LogP contribution is -2.43. The van der Waals surface area contributed by atoms with E-state index in [1.807, 2.05) is 13.8 Å². The molecule has 3 nitrogen and oxygen atoms in total. The quantitative estimate of drug-likeness (QED) is 0.789. The molecule has 6 heteroatoms. The molecule has 0 spiro atoms. The number of hydrogen-bond acceptors (Lipinski definition) is 2. The SMILES string of the molecule is CCC(CC)NC(=O)C(C)Nc1cc(F)c(F)cc1F. The van der Waals surface area contributed by atoms with Crippen molar-refractivity contribution in [1.29, 1.82) is 0 Å². The minimum absolute atomic E-state index is 0.0431. The summed E-state index contributed by atoms with van der Waals surface area (Å²) in [6.07, 6.45) is 1.57. The fraction of sp³-hybridized carbons (Fsp3) is 0.500. The third-order valence-corrected chi connectivity index (χ3v) is 3.11. The van der Waals surface area contributed by atoms with Gasteiger partial charge in [0, 0.05) is 18.2 Å². The van der Waals surface area contributed by atoms with E-state index in [0.29, 0.717) is 12.1 Å². The molecule has 0 bridgehead atoms. The Labute approximate surface area is 116 Å². The maximum Gasteiger partial charge on any atom is 0.242 e. The molecule has 20 heavy (non-hydrogen) atoms. The first-order valence-electron chi connectivity index (χ1n) is 6.60. The van der Waals surface area contributed by atoms with Crippen LogP contribution in [0.4, 0.5) is 18.9 Å². The average Bonchev–Trinajstić information content (AvgIpc) is 2.41. The van der Waals surface area contributed by atoms with Crippen molar-refractivity contribution in [1.82, 2.24) is 5.32 Å². The van der Waals surface area contributed by atoms with Crippen LogP contribution in [0.1, 0.15) is 33.6 Å². The lowest BCUT2D eigenvalue weighted by Gasteiger charge is -2.20. The summed E-state index contributed by atoms with van der Waals surface area (Å²) in [6.45, 7) is 5.42. The highest BCUT2D eigenvalue weighted by molar-refractivity contribution is 5.84. The molecule has 0 heterocycles. The molecule has 0 saturated carbocycles. The Bertz CT molecular complexity index is 476. The van der Waals surface area contributed by atoms with Gasteiger partial charge in [-0.3, -0.25) is 4.79 Å². The summed E-state index contributed by atoms with van der Waals surface area (Å²) < 4.78 is 39.3. The van der Waals surface area contributed by atoms with Gasteiger partial charge < -0.3 is 10.6 Å². The zero-order valence-corrected chi connectivity index (χ0v) is 11.8. The van der Waals surface area contributed by atoms with Gasteiger partial charge in [0.15, 0.2) is 11.6 Å². The standard InChI is InChI=1S/C14H19F3N2O/c1-4-9(5-2)19-14(20)8(3)18-13-7-11(16)10(15)6-12(13)17/h6-9,18H,4-5H2,1-3H3,(H,19,20). The van der Waals surface area contributed by atoms with E-state index in [9.17, 15) is 18.0 Å². The zero-order chi connectivity index (χ0) is 15.3. The normalized spacial score (nSPS) is 12.3. The Morgan fingerprint density at radius 2 is 1.65 bits per heavy atom. The van der Waals surface area contributed by atoms with Crippen molar-refractivity contribution < 1.29 is 18.0 Å². The van der Waals surface area contributed by atoms with E-state index in [4.69, 9.17) is 0 Å². The number of hydrogen-bond donors (Lipinski definition) is 2. The first-order chi connectivity index (χ1) is 9.38. The molecule has 0 radical (unpaired) electrons. The molecule has 0 aliphatic carbocycles. The first-order valence-corrected chi connectivity index (χ1v) is 6.60. The third kappa shape index (κ3) is 4.15. The molecule has 1 atom stereocenters. The zero-order valence-electron chi connectivity index (χ0n) is 11.8. The van der Waals surface area contributed by atoms with Crippen LogP contribution in [0.2, 0.25) is 0 Å². The van der Waals surface area contributed by atoms with Crippen LogP contribution in [-0.4, -0.2) is 18.0 Å². The van der Waals surface area contributed by atoms with Crippen LogP contribution >= 0.6 is 0 Å². The molecule has 0 fully saturated rings. The predicted octanol–water partition coefficient (Wildman–Crippen LogP) is 3.21. The molecule has 1 aromatic rings. The fourth-order valence-electron chi connectivity index (χ4n) is 1.75. The number of benzene rings is 1. The van der Waals surface area contributed by atoms with Gasteiger partial charge in [-0.25, -0.2) is 13.2 Å². The van der Waals surface area contributed by atoms with E-state index in [1.165, 1.54) is 6.92 Å². The van der Waals surface area contributed by atoms with Crippen LogP contribution < -0.4 is 10.6 Å². The minimum atomic E-state index is -1.26. The van der Waals surface area contributed by atoms with Crippen molar-refractivity contribution in [2.75, 3.05) is 5.32 Å². The van der Waals surface area contributed by atoms with Crippen LogP contribution in [0.5, 0.6) is 0 Å². The van der Waals surface area contributed by atoms with Gasteiger partial charge in [0.05, 0.1) is 5.69 Å². The van der Waals surface area contributed by atoms with Gasteiger partial charge >= 0.3 is 0 Å². The predicted molar refractivity (Wildman–Crippen MR) is 71.9 cm³/mol. The second-order valence-corrected chi connectivity index (χ2v) is 4.63. The Hall–Kier alpha value is -1.72. The highest BCUT2D eigenvalue weighted by Gasteiger charge is 2.18. The first kappa shape index (κ1) is 16.3. The third-order valence-electron chi connectivity index (χ3n) is 3.11. The highest BCUT2D eigenvalue weighted by Crippen LogP contribution is 2.19. The Balaban J connectivity index is 2.73. The number of carbonyl (C=O) groups is 1. The van der Waals surface area contributed by atoms with Gasteiger partial charge in [-0.15, -0.1) is 0 Å². The largest absolute Gasteiger partial charge is 0.371 e. The number of halogens is 3. The van der Waals surface area contributed by atoms with Crippen molar-refractivity contribution in [3.05, 3.63) is 29.6 Å². The second-order valence-electron chi connectivity index (χ2n) is 4.63. The van der Waals surface area contributed by atoms with E-state index in [1.54, 1.807) is 0 Å². The minimum Gasteiger partial charge on any atom is -0.371 e. The van der Waals surface area contributed by atoms with Crippen LogP contribution in [0.15, 0.2) is 12.1 Å². The van der Waals surface area contributed by atoms with Crippen LogP contribution in [0.25, 0.3) is 0 Å². The van der Waals surface area contributed by atoms with E-state index < -0.39 is 23.5 Å². The summed E-state index contributed by atoms with van der Waals surface area (Å²) in [7, 11) is 0. The highest BCUT2D eigenvalue weighted by atomic mass is 19.2. The summed E-state index contributed by atoms with van der Waals surface area (Å²) in [6, 6.07) is 0.436. The topological polar surface area (TPSA) is 41.1 Å². The van der Waals surface area contributed by atoms with Crippen LogP contribution in [-0.2, 0) is 4.79 Å². The lowest BCUT2D eigenvalue weighted by molar-refractivity contribution is -0.122. The van der Waals surface area contributed by atoms with E-state index in [-0.39, 0.29) is 17.6 Å². The molecule has 1 amide bonds. The summed E-state index contributed by atoms with van der Waals surface area (Å²) >= 11 is 0.